The Kier molecular flexibility index (Phi) is 7.38. The number of hydrogen-bond donors (Lipinski definition) is 2. The molecule has 2 N–H and O–H groups in total. The summed E-state index contributed by atoms with van der Waals surface area (Å²) in [4.78, 5) is 36.3. The van der Waals surface area contributed by atoms with Crippen molar-refractivity contribution in [3.63, 3.8) is 0 Å². The maximum absolute atomic E-state index is 11.5. The van der Waals surface area contributed by atoms with Gasteiger partial charge in [-0.15, -0.1) is 0 Å². The number of carboxylic acid groups (broad SMARTS) is 1. The van der Waals surface area contributed by atoms with Crippen molar-refractivity contribution in [3.8, 4) is 5.75 Å². The third-order valence-electron chi connectivity index (χ3n) is 3.55. The van der Waals surface area contributed by atoms with Crippen LogP contribution in [-0.2, 0) is 16.0 Å². The molecule has 0 atom stereocenters. The molecule has 0 saturated carbocycles. The Morgan fingerprint density at radius 1 is 1.17 bits per heavy atom. The smallest absolute Gasteiger partial charge is 0.339 e. The highest BCUT2D eigenvalue weighted by Gasteiger charge is 2.20. The molecule has 0 aromatic heterocycles. The molecule has 1 aromatic carbocycles. The van der Waals surface area contributed by atoms with Crippen molar-refractivity contribution in [2.45, 2.75) is 34.1 Å². The molecule has 0 aliphatic heterocycles. The van der Waals surface area contributed by atoms with Gasteiger partial charge in [0.05, 0.1) is 0 Å². The van der Waals surface area contributed by atoms with Crippen molar-refractivity contribution in [2.24, 2.45) is 0 Å². The fourth-order valence-electron chi connectivity index (χ4n) is 2.39. The van der Waals surface area contributed by atoms with Crippen molar-refractivity contribution < 1.29 is 24.2 Å². The van der Waals surface area contributed by atoms with Gasteiger partial charge in [-0.05, 0) is 37.2 Å². The lowest BCUT2D eigenvalue weighted by Gasteiger charge is -2.20. The molecule has 0 aliphatic carbocycles. The highest BCUT2D eigenvalue weighted by Crippen LogP contribution is 2.30. The number of amides is 1. The topological polar surface area (TPSA) is 95.9 Å². The summed E-state index contributed by atoms with van der Waals surface area (Å²) < 4.78 is 5.15. The van der Waals surface area contributed by atoms with Crippen LogP contribution in [0.5, 0.6) is 5.75 Å². The number of nitrogens with zero attached hydrogens (tertiary/aromatic N) is 1. The van der Waals surface area contributed by atoms with Crippen LogP contribution in [0.15, 0.2) is 12.1 Å². The van der Waals surface area contributed by atoms with Gasteiger partial charge in [0, 0.05) is 26.1 Å². The first-order valence-electron chi connectivity index (χ1n) is 7.87. The van der Waals surface area contributed by atoms with Crippen LogP contribution >= 0.6 is 0 Å². The van der Waals surface area contributed by atoms with Crippen LogP contribution in [0.2, 0.25) is 0 Å². The number of nitrogens with one attached hydrogen (secondary N) is 1. The van der Waals surface area contributed by atoms with E-state index in [2.05, 4.69) is 10.2 Å². The molecule has 1 amide bonds. The van der Waals surface area contributed by atoms with E-state index in [1.807, 2.05) is 13.8 Å². The molecule has 132 valence electrons. The fourth-order valence-corrected chi connectivity index (χ4v) is 2.39. The third kappa shape index (κ3) is 5.66. The molecule has 0 radical (unpaired) electrons. The molecule has 0 unspecified atom stereocenters. The molecule has 0 bridgehead atoms. The summed E-state index contributed by atoms with van der Waals surface area (Å²) in [5.41, 5.74) is 0.789. The van der Waals surface area contributed by atoms with Crippen LogP contribution in [0.3, 0.4) is 0 Å². The molecule has 0 heterocycles. The van der Waals surface area contributed by atoms with E-state index in [1.54, 1.807) is 6.07 Å². The summed E-state index contributed by atoms with van der Waals surface area (Å²) >= 11 is 0. The number of carbonyl (C=O) groups is 3. The predicted octanol–water partition coefficient (Wildman–Crippen LogP) is 2.15. The Morgan fingerprint density at radius 2 is 1.79 bits per heavy atom. The molecule has 0 fully saturated rings. The van der Waals surface area contributed by atoms with Crippen molar-refractivity contribution in [2.75, 3.05) is 25.0 Å². The Balaban J connectivity index is 3.31. The maximum Gasteiger partial charge on any atom is 0.339 e. The van der Waals surface area contributed by atoms with E-state index in [1.165, 1.54) is 19.9 Å². The van der Waals surface area contributed by atoms with Gasteiger partial charge < -0.3 is 20.1 Å². The lowest BCUT2D eigenvalue weighted by Crippen LogP contribution is -2.25. The lowest BCUT2D eigenvalue weighted by atomic mass is 10.0. The Morgan fingerprint density at radius 3 is 2.25 bits per heavy atom. The zero-order valence-corrected chi connectivity index (χ0v) is 14.5. The maximum atomic E-state index is 11.5. The van der Waals surface area contributed by atoms with E-state index >= 15 is 0 Å². The van der Waals surface area contributed by atoms with Gasteiger partial charge >= 0.3 is 11.9 Å². The number of hydrogen-bond acceptors (Lipinski definition) is 5. The number of rotatable bonds is 8. The molecule has 0 saturated heterocycles. The number of esters is 1. The zero-order valence-electron chi connectivity index (χ0n) is 14.5. The molecular weight excluding hydrogens is 312 g/mol. The SMILES string of the molecule is CCN(CC)CCc1cc(NC(C)=O)cc(C(=O)O)c1OC(C)=O. The van der Waals surface area contributed by atoms with Crippen molar-refractivity contribution in [1.29, 1.82) is 0 Å². The average Bonchev–Trinajstić information content (AvgIpc) is 2.48. The van der Waals surface area contributed by atoms with E-state index in [0.29, 0.717) is 24.2 Å². The monoisotopic (exact) mass is 336 g/mol. The second-order valence-electron chi connectivity index (χ2n) is 5.37. The number of carboxylic acids is 1. The van der Waals surface area contributed by atoms with E-state index in [-0.39, 0.29) is 17.2 Å². The molecule has 1 aromatic rings. The summed E-state index contributed by atoms with van der Waals surface area (Å²) in [6, 6.07) is 2.94. The van der Waals surface area contributed by atoms with Crippen molar-refractivity contribution >= 4 is 23.5 Å². The van der Waals surface area contributed by atoms with Gasteiger partial charge in [-0.3, -0.25) is 9.59 Å². The number of ether oxygens (including phenoxy) is 1. The Labute approximate surface area is 141 Å². The lowest BCUT2D eigenvalue weighted by molar-refractivity contribution is -0.132. The summed E-state index contributed by atoms with van der Waals surface area (Å²) in [5.74, 6) is -2.08. The largest absolute Gasteiger partial charge is 0.478 e. The first-order chi connectivity index (χ1) is 11.3. The highest BCUT2D eigenvalue weighted by atomic mass is 16.5. The van der Waals surface area contributed by atoms with Gasteiger partial charge in [-0.25, -0.2) is 4.79 Å². The summed E-state index contributed by atoms with van der Waals surface area (Å²) in [5, 5.41) is 12.0. The van der Waals surface area contributed by atoms with Gasteiger partial charge in [0.15, 0.2) is 0 Å². The van der Waals surface area contributed by atoms with E-state index < -0.39 is 11.9 Å². The number of aromatic carboxylic acids is 1. The number of anilines is 1. The minimum absolute atomic E-state index is 0.0382. The summed E-state index contributed by atoms with van der Waals surface area (Å²) in [6.45, 7) is 9.04. The fraction of sp³-hybridized carbons (Fsp3) is 0.471. The third-order valence-corrected chi connectivity index (χ3v) is 3.55. The molecule has 0 aliphatic rings. The standard InChI is InChI=1S/C17H24N2O5/c1-5-19(6-2)8-7-13-9-14(18-11(3)20)10-15(17(22)23)16(13)24-12(4)21/h9-10H,5-8H2,1-4H3,(H,18,20)(H,22,23). The van der Waals surface area contributed by atoms with E-state index in [9.17, 15) is 19.5 Å². The van der Waals surface area contributed by atoms with Gasteiger partial charge in [0.1, 0.15) is 11.3 Å². The summed E-state index contributed by atoms with van der Waals surface area (Å²) in [7, 11) is 0. The first kappa shape index (κ1) is 19.6. The predicted molar refractivity (Wildman–Crippen MR) is 90.5 cm³/mol. The van der Waals surface area contributed by atoms with Crippen LogP contribution in [-0.4, -0.2) is 47.5 Å². The van der Waals surface area contributed by atoms with Gasteiger partial charge in [0.2, 0.25) is 5.91 Å². The molecule has 0 spiro atoms. The Hall–Kier alpha value is -2.41. The molecular formula is C17H24N2O5. The second-order valence-corrected chi connectivity index (χ2v) is 5.37. The van der Waals surface area contributed by atoms with Crippen LogP contribution in [0.1, 0.15) is 43.6 Å². The van der Waals surface area contributed by atoms with Crippen LogP contribution in [0.25, 0.3) is 0 Å². The first-order valence-corrected chi connectivity index (χ1v) is 7.87. The van der Waals surface area contributed by atoms with Gasteiger partial charge in [0.25, 0.3) is 0 Å². The number of benzene rings is 1. The van der Waals surface area contributed by atoms with E-state index in [0.717, 1.165) is 13.1 Å². The van der Waals surface area contributed by atoms with Gasteiger partial charge in [-0.2, -0.15) is 0 Å². The minimum Gasteiger partial charge on any atom is -0.478 e. The number of likely N-dealkylation sites (N-methyl/N-ethyl adjacent to an activating group) is 1. The quantitative estimate of drug-likeness (QED) is 0.558. The molecule has 7 heteroatoms. The minimum atomic E-state index is -1.22. The highest BCUT2D eigenvalue weighted by molar-refractivity contribution is 5.96. The van der Waals surface area contributed by atoms with Crippen LogP contribution < -0.4 is 10.1 Å². The zero-order chi connectivity index (χ0) is 18.3. The second kappa shape index (κ2) is 9.02. The summed E-state index contributed by atoms with van der Waals surface area (Å²) in [6.07, 6.45) is 0.498. The number of carbonyl (C=O) groups excluding carboxylic acids is 2. The van der Waals surface area contributed by atoms with E-state index in [4.69, 9.17) is 4.74 Å². The van der Waals surface area contributed by atoms with Crippen LogP contribution in [0.4, 0.5) is 5.69 Å². The van der Waals surface area contributed by atoms with Crippen molar-refractivity contribution in [3.05, 3.63) is 23.3 Å². The average molecular weight is 336 g/mol. The molecule has 24 heavy (non-hydrogen) atoms. The van der Waals surface area contributed by atoms with Crippen molar-refractivity contribution in [1.82, 2.24) is 4.90 Å². The molecule has 7 nitrogen and oxygen atoms in total. The normalized spacial score (nSPS) is 10.5. The van der Waals surface area contributed by atoms with Crippen LogP contribution in [0, 0.1) is 0 Å². The molecule has 1 rings (SSSR count). The Bertz CT molecular complexity index is 624. The van der Waals surface area contributed by atoms with Gasteiger partial charge in [-0.1, -0.05) is 13.8 Å².